The molecule has 1 atom stereocenters. The summed E-state index contributed by atoms with van der Waals surface area (Å²) >= 11 is 0. The highest BCUT2D eigenvalue weighted by molar-refractivity contribution is 5.89. The van der Waals surface area contributed by atoms with E-state index in [1.807, 2.05) is 0 Å². The summed E-state index contributed by atoms with van der Waals surface area (Å²) in [4.78, 5) is 43.4. The summed E-state index contributed by atoms with van der Waals surface area (Å²) in [5.41, 5.74) is -2.95. The van der Waals surface area contributed by atoms with Crippen molar-refractivity contribution in [3.63, 3.8) is 0 Å². The highest BCUT2D eigenvalue weighted by Gasteiger charge is 2.37. The average Bonchev–Trinajstić information content (AvgIpc) is 2.77. The molecule has 198 valence electrons. The molecule has 3 N–H and O–H groups in total. The Morgan fingerprint density at radius 2 is 1.78 bits per heavy atom. The van der Waals surface area contributed by atoms with Crippen LogP contribution in [-0.4, -0.2) is 43.8 Å². The molecule has 0 saturated heterocycles. The van der Waals surface area contributed by atoms with Gasteiger partial charge in [0.1, 0.15) is 5.82 Å². The van der Waals surface area contributed by atoms with Gasteiger partial charge in [-0.3, -0.25) is 14.3 Å². The van der Waals surface area contributed by atoms with Crippen LogP contribution in [0.5, 0.6) is 0 Å². The maximum absolute atomic E-state index is 13.8. The zero-order valence-electron chi connectivity index (χ0n) is 21.0. The predicted molar refractivity (Wildman–Crippen MR) is 133 cm³/mol. The van der Waals surface area contributed by atoms with Crippen LogP contribution in [0.25, 0.3) is 16.6 Å². The number of nitrogens with zero attached hydrogens (tertiary/aromatic N) is 3. The third-order valence-electron chi connectivity index (χ3n) is 5.62. The van der Waals surface area contributed by atoms with Crippen LogP contribution in [0.4, 0.5) is 28.4 Å². The number of hydrogen-bond acceptors (Lipinski definition) is 4. The lowest BCUT2D eigenvalue weighted by Crippen LogP contribution is -2.47. The fourth-order valence-corrected chi connectivity index (χ4v) is 4.22. The Morgan fingerprint density at radius 1 is 1.14 bits per heavy atom. The van der Waals surface area contributed by atoms with Gasteiger partial charge in [-0.1, -0.05) is 12.1 Å². The molecule has 0 unspecified atom stereocenters. The summed E-state index contributed by atoms with van der Waals surface area (Å²) in [6.07, 6.45) is -6.12. The molecule has 0 aliphatic heterocycles. The summed E-state index contributed by atoms with van der Waals surface area (Å²) < 4.78 is 42.5. The van der Waals surface area contributed by atoms with Gasteiger partial charge in [0.2, 0.25) is 0 Å². The number of carbonyl (C=O) groups is 2. The van der Waals surface area contributed by atoms with Gasteiger partial charge in [-0.05, 0) is 65.0 Å². The van der Waals surface area contributed by atoms with E-state index >= 15 is 0 Å². The Kier molecular flexibility index (Phi) is 7.51. The maximum Gasteiger partial charge on any atom is 0.417 e. The molecule has 0 saturated carbocycles. The number of benzene rings is 2. The molecule has 3 amide bonds. The third kappa shape index (κ3) is 5.68. The van der Waals surface area contributed by atoms with E-state index in [0.717, 1.165) is 21.6 Å². The quantitative estimate of drug-likeness (QED) is 0.418. The van der Waals surface area contributed by atoms with Gasteiger partial charge in [-0.15, -0.1) is 0 Å². The monoisotopic (exact) mass is 519 g/mol. The number of fused-ring (bicyclic) bond motifs is 1. The predicted octanol–water partition coefficient (Wildman–Crippen LogP) is 5.39. The fourth-order valence-electron chi connectivity index (χ4n) is 4.22. The molecule has 1 heterocycles. The molecule has 37 heavy (non-hydrogen) atoms. The Labute approximate surface area is 210 Å². The Morgan fingerprint density at radius 3 is 2.35 bits per heavy atom. The Balaban J connectivity index is 2.39. The molecule has 0 fully saturated rings. The standard InChI is InChI=1S/C25H28F3N5O4/c1-6-29-22(35)30-15-9-7-10-16(13-15)32-20(14(2)33(23(36)37)24(3,4)5)31-18-12-8-11-17(25(26,27)28)19(18)21(32)34/h7-14H,6H2,1-5H3,(H,36,37)(H2,29,30,35)/t14-/m0/s1. The maximum atomic E-state index is 13.8. The molecule has 0 bridgehead atoms. The molecular formula is C25H28F3N5O4. The topological polar surface area (TPSA) is 117 Å². The normalized spacial score (nSPS) is 12.8. The number of amides is 3. The van der Waals surface area contributed by atoms with Crippen LogP contribution in [-0.2, 0) is 6.18 Å². The van der Waals surface area contributed by atoms with Crippen molar-refractivity contribution in [3.8, 4) is 5.69 Å². The van der Waals surface area contributed by atoms with Gasteiger partial charge in [0, 0.05) is 17.8 Å². The van der Waals surface area contributed by atoms with Crippen LogP contribution in [0, 0.1) is 0 Å². The second-order valence-corrected chi connectivity index (χ2v) is 9.34. The number of alkyl halides is 3. The average molecular weight is 520 g/mol. The fraction of sp³-hybridized carbons (Fsp3) is 0.360. The molecule has 0 aliphatic rings. The van der Waals surface area contributed by atoms with Gasteiger partial charge < -0.3 is 15.7 Å². The first-order chi connectivity index (χ1) is 17.2. The number of aromatic nitrogens is 2. The largest absolute Gasteiger partial charge is 0.465 e. The molecular weight excluding hydrogens is 491 g/mol. The van der Waals surface area contributed by atoms with E-state index in [2.05, 4.69) is 15.6 Å². The van der Waals surface area contributed by atoms with Crippen LogP contribution in [0.2, 0.25) is 0 Å². The van der Waals surface area contributed by atoms with Crippen molar-refractivity contribution >= 4 is 28.7 Å². The molecule has 3 rings (SSSR count). The molecule has 0 radical (unpaired) electrons. The van der Waals surface area contributed by atoms with E-state index in [1.54, 1.807) is 33.8 Å². The third-order valence-corrected chi connectivity index (χ3v) is 5.62. The molecule has 1 aromatic heterocycles. The van der Waals surface area contributed by atoms with Gasteiger partial charge in [-0.25, -0.2) is 14.6 Å². The first kappa shape index (κ1) is 27.5. The smallest absolute Gasteiger partial charge is 0.417 e. The minimum absolute atomic E-state index is 0.0793. The second kappa shape index (κ2) is 10.1. The second-order valence-electron chi connectivity index (χ2n) is 9.34. The number of carboxylic acid groups (broad SMARTS) is 1. The number of anilines is 1. The van der Waals surface area contributed by atoms with E-state index < -0.39 is 46.4 Å². The van der Waals surface area contributed by atoms with Crippen molar-refractivity contribution in [1.82, 2.24) is 19.8 Å². The van der Waals surface area contributed by atoms with E-state index in [0.29, 0.717) is 6.54 Å². The van der Waals surface area contributed by atoms with Gasteiger partial charge in [0.25, 0.3) is 5.56 Å². The molecule has 9 nitrogen and oxygen atoms in total. The lowest BCUT2D eigenvalue weighted by atomic mass is 10.0. The summed E-state index contributed by atoms with van der Waals surface area (Å²) in [7, 11) is 0. The van der Waals surface area contributed by atoms with E-state index in [9.17, 15) is 32.7 Å². The van der Waals surface area contributed by atoms with Crippen molar-refractivity contribution < 1.29 is 27.9 Å². The van der Waals surface area contributed by atoms with Crippen LogP contribution in [0.3, 0.4) is 0 Å². The van der Waals surface area contributed by atoms with Crippen molar-refractivity contribution in [2.24, 2.45) is 0 Å². The minimum atomic E-state index is -4.83. The van der Waals surface area contributed by atoms with Crippen molar-refractivity contribution in [2.75, 3.05) is 11.9 Å². The first-order valence-corrected chi connectivity index (χ1v) is 11.5. The molecule has 0 aliphatic carbocycles. The van der Waals surface area contributed by atoms with Crippen LogP contribution < -0.4 is 16.2 Å². The van der Waals surface area contributed by atoms with E-state index in [-0.39, 0.29) is 22.7 Å². The van der Waals surface area contributed by atoms with Crippen molar-refractivity contribution in [1.29, 1.82) is 0 Å². The molecule has 3 aromatic rings. The van der Waals surface area contributed by atoms with E-state index in [1.165, 1.54) is 31.2 Å². The summed E-state index contributed by atoms with van der Waals surface area (Å²) in [5, 5.41) is 14.4. The molecule has 2 aromatic carbocycles. The highest BCUT2D eigenvalue weighted by atomic mass is 19.4. The van der Waals surface area contributed by atoms with Crippen molar-refractivity contribution in [2.45, 2.75) is 52.4 Å². The van der Waals surface area contributed by atoms with Crippen LogP contribution in [0.15, 0.2) is 47.3 Å². The van der Waals surface area contributed by atoms with Gasteiger partial charge in [0.05, 0.1) is 28.2 Å². The molecule has 0 spiro atoms. The van der Waals surface area contributed by atoms with E-state index in [4.69, 9.17) is 0 Å². The van der Waals surface area contributed by atoms with Crippen LogP contribution >= 0.6 is 0 Å². The minimum Gasteiger partial charge on any atom is -0.465 e. The molecule has 12 heteroatoms. The number of rotatable bonds is 5. The Bertz CT molecular complexity index is 1400. The van der Waals surface area contributed by atoms with Crippen molar-refractivity contribution in [3.05, 3.63) is 64.2 Å². The summed E-state index contributed by atoms with van der Waals surface area (Å²) in [6.45, 7) is 8.55. The zero-order valence-corrected chi connectivity index (χ0v) is 21.0. The first-order valence-electron chi connectivity index (χ1n) is 11.5. The number of urea groups is 1. The number of nitrogens with one attached hydrogen (secondary N) is 2. The van der Waals surface area contributed by atoms with Gasteiger partial charge in [0.15, 0.2) is 0 Å². The number of carbonyl (C=O) groups excluding carboxylic acids is 1. The number of halogens is 3. The van der Waals surface area contributed by atoms with Gasteiger partial charge in [-0.2, -0.15) is 13.2 Å². The lowest BCUT2D eigenvalue weighted by Gasteiger charge is -2.38. The zero-order chi connectivity index (χ0) is 27.7. The Hall–Kier alpha value is -4.09. The van der Waals surface area contributed by atoms with Gasteiger partial charge >= 0.3 is 18.3 Å². The number of hydrogen-bond donors (Lipinski definition) is 3. The summed E-state index contributed by atoms with van der Waals surface area (Å²) in [5.74, 6) is -0.0793. The SMILES string of the molecule is CCNC(=O)Nc1cccc(-n2c([C@H](C)N(C(=O)O)C(C)(C)C)nc3cccc(C(F)(F)F)c3c2=O)c1. The highest BCUT2D eigenvalue weighted by Crippen LogP contribution is 2.35. The van der Waals surface area contributed by atoms with Crippen LogP contribution in [0.1, 0.15) is 52.0 Å². The summed E-state index contributed by atoms with van der Waals surface area (Å²) in [6, 6.07) is 7.59. The lowest BCUT2D eigenvalue weighted by molar-refractivity contribution is -0.136.